The Kier molecular flexibility index (Phi) is 5.37. The minimum atomic E-state index is -2.23. The number of alkyl halides is 2. The molecule has 0 radical (unpaired) electrons. The van der Waals surface area contributed by atoms with Crippen molar-refractivity contribution in [2.24, 2.45) is 28.6 Å². The number of carbonyl (C=O) groups excluding carboxylic acids is 2. The van der Waals surface area contributed by atoms with E-state index in [0.29, 0.717) is 18.7 Å². The third-order valence-corrected chi connectivity index (χ3v) is 10.6. The second-order valence-corrected chi connectivity index (χ2v) is 12.0. The van der Waals surface area contributed by atoms with E-state index in [1.165, 1.54) is 18.2 Å². The largest absolute Gasteiger partial charge is 0.468 e. The predicted octanol–water partition coefficient (Wildman–Crippen LogP) is 3.43. The number of aliphatic hydroxyl groups is 2. The number of hydroxylamine groups is 2. The van der Waals surface area contributed by atoms with Crippen molar-refractivity contribution < 1.29 is 37.8 Å². The normalized spacial score (nSPS) is 47.6. The van der Waals surface area contributed by atoms with E-state index in [2.05, 4.69) is 0 Å². The van der Waals surface area contributed by atoms with Crippen molar-refractivity contribution in [2.45, 2.75) is 69.6 Å². The number of fused-ring (bicyclic) bond motifs is 7. The summed E-state index contributed by atoms with van der Waals surface area (Å²) in [4.78, 5) is 32.1. The summed E-state index contributed by atoms with van der Waals surface area (Å²) < 4.78 is 38.6. The number of nitrogens with zero attached hydrogens (tertiary/aromatic N) is 1. The van der Waals surface area contributed by atoms with Crippen molar-refractivity contribution in [3.8, 4) is 0 Å². The van der Waals surface area contributed by atoms with Crippen LogP contribution in [0.3, 0.4) is 0 Å². The average molecular weight is 518 g/mol. The molecule has 0 bridgehead atoms. The lowest BCUT2D eigenvalue weighted by Crippen LogP contribution is -2.70. The summed E-state index contributed by atoms with van der Waals surface area (Å²) in [6, 6.07) is 3.26. The van der Waals surface area contributed by atoms with E-state index in [0.717, 1.165) is 0 Å². The standard InChI is InChI=1S/C28H33F2NO6/c1-15(22-5-4-8-36-22)31-13-16-9-18-19-11-21(29)20-10-17(33)6-7-25(20,2)27(19,30)23(34)12-26(18,3)28(16,37-31)24(35)14-32/h4-8,10,15-16,18-19,21,23,32,34H,9,11-14H2,1-3H3/t15?,16-,18-,19?,21-,23?,25-,26?,27-,28-/m0/s1. The molecule has 4 unspecified atom stereocenters. The SMILES string of the molecule is CC(c1ccco1)N1C[C@@H]2C[C@H]3C4C[C@H](F)C5=CC(=O)C=C[C@]5(C)[C@@]4(F)C(O)CC3(C)[C@]2(C(=O)CO)O1. The molecule has 37 heavy (non-hydrogen) atoms. The van der Waals surface area contributed by atoms with Crippen molar-refractivity contribution in [3.05, 3.63) is 48.0 Å². The molecule has 1 aromatic heterocycles. The first-order valence-corrected chi connectivity index (χ1v) is 13.0. The maximum atomic E-state index is 17.4. The molecule has 2 heterocycles. The third-order valence-electron chi connectivity index (χ3n) is 10.6. The molecule has 7 nitrogen and oxygen atoms in total. The molecular formula is C28H33F2NO6. The van der Waals surface area contributed by atoms with Crippen LogP contribution in [-0.4, -0.2) is 63.5 Å². The summed E-state index contributed by atoms with van der Waals surface area (Å²) in [6.45, 7) is 4.85. The fourth-order valence-electron chi connectivity index (χ4n) is 8.80. The monoisotopic (exact) mass is 517 g/mol. The highest BCUT2D eigenvalue weighted by Crippen LogP contribution is 2.73. The van der Waals surface area contributed by atoms with Crippen LogP contribution in [0.2, 0.25) is 0 Å². The molecule has 9 heteroatoms. The number of carbonyl (C=O) groups is 2. The van der Waals surface area contributed by atoms with E-state index < -0.39 is 64.4 Å². The summed E-state index contributed by atoms with van der Waals surface area (Å²) in [5.41, 5.74) is -6.20. The zero-order chi connectivity index (χ0) is 26.5. The van der Waals surface area contributed by atoms with E-state index in [1.54, 1.807) is 24.3 Å². The highest BCUT2D eigenvalue weighted by atomic mass is 19.1. The van der Waals surface area contributed by atoms with Crippen LogP contribution in [0, 0.1) is 28.6 Å². The Balaban J connectivity index is 1.43. The molecule has 1 aromatic rings. The molecular weight excluding hydrogens is 484 g/mol. The van der Waals surface area contributed by atoms with E-state index >= 15 is 8.78 Å². The van der Waals surface area contributed by atoms with Gasteiger partial charge < -0.3 is 14.6 Å². The number of furan rings is 1. The summed E-state index contributed by atoms with van der Waals surface area (Å²) in [7, 11) is 0. The van der Waals surface area contributed by atoms with Gasteiger partial charge in [-0.05, 0) is 68.9 Å². The average Bonchev–Trinajstić information content (AvgIpc) is 3.58. The molecule has 6 rings (SSSR count). The van der Waals surface area contributed by atoms with Crippen molar-refractivity contribution in [2.75, 3.05) is 13.2 Å². The van der Waals surface area contributed by atoms with Crippen LogP contribution in [0.1, 0.15) is 51.8 Å². The molecule has 2 N–H and O–H groups in total. The van der Waals surface area contributed by atoms with Crippen LogP contribution in [0.4, 0.5) is 8.78 Å². The molecule has 4 fully saturated rings. The lowest BCUT2D eigenvalue weighted by molar-refractivity contribution is -0.276. The Labute approximate surface area is 214 Å². The van der Waals surface area contributed by atoms with Crippen molar-refractivity contribution >= 4 is 11.6 Å². The van der Waals surface area contributed by atoms with Crippen LogP contribution < -0.4 is 0 Å². The van der Waals surface area contributed by atoms with Crippen molar-refractivity contribution in [1.29, 1.82) is 0 Å². The fourth-order valence-corrected chi connectivity index (χ4v) is 8.80. The van der Waals surface area contributed by atoms with Crippen LogP contribution in [0.15, 0.2) is 46.6 Å². The van der Waals surface area contributed by atoms with Gasteiger partial charge in [0, 0.05) is 29.2 Å². The minimum absolute atomic E-state index is 0.0652. The Hall–Kier alpha value is -2.20. The lowest BCUT2D eigenvalue weighted by Gasteiger charge is -2.63. The summed E-state index contributed by atoms with van der Waals surface area (Å²) in [5, 5.41) is 23.3. The lowest BCUT2D eigenvalue weighted by atomic mass is 9.44. The van der Waals surface area contributed by atoms with Gasteiger partial charge in [0.25, 0.3) is 0 Å². The molecule has 0 amide bonds. The van der Waals surface area contributed by atoms with Gasteiger partial charge in [-0.2, -0.15) is 5.06 Å². The van der Waals surface area contributed by atoms with Crippen molar-refractivity contribution in [3.63, 3.8) is 0 Å². The van der Waals surface area contributed by atoms with Crippen LogP contribution in [0.25, 0.3) is 0 Å². The van der Waals surface area contributed by atoms with Crippen LogP contribution in [0.5, 0.6) is 0 Å². The van der Waals surface area contributed by atoms with Gasteiger partial charge in [-0.3, -0.25) is 14.4 Å². The molecule has 1 saturated heterocycles. The first-order valence-electron chi connectivity index (χ1n) is 13.0. The summed E-state index contributed by atoms with van der Waals surface area (Å²) >= 11 is 0. The van der Waals surface area contributed by atoms with Crippen LogP contribution in [-0.2, 0) is 14.4 Å². The quantitative estimate of drug-likeness (QED) is 0.631. The van der Waals surface area contributed by atoms with Crippen LogP contribution >= 0.6 is 0 Å². The summed E-state index contributed by atoms with van der Waals surface area (Å²) in [6.07, 6.45) is 2.37. The smallest absolute Gasteiger partial charge is 0.192 e. The maximum absolute atomic E-state index is 17.4. The predicted molar refractivity (Wildman–Crippen MR) is 127 cm³/mol. The first-order chi connectivity index (χ1) is 17.4. The summed E-state index contributed by atoms with van der Waals surface area (Å²) in [5.74, 6) is -2.04. The number of halogens is 2. The Bertz CT molecular complexity index is 1200. The molecule has 3 saturated carbocycles. The van der Waals surface area contributed by atoms with E-state index in [-0.39, 0.29) is 30.4 Å². The number of allylic oxidation sites excluding steroid dienone is 4. The number of ketones is 2. The van der Waals surface area contributed by atoms with Gasteiger partial charge in [-0.15, -0.1) is 0 Å². The second kappa shape index (κ2) is 7.91. The zero-order valence-corrected chi connectivity index (χ0v) is 21.2. The Morgan fingerprint density at radius 2 is 2.05 bits per heavy atom. The number of aliphatic hydroxyl groups excluding tert-OH is 2. The maximum Gasteiger partial charge on any atom is 0.192 e. The molecule has 200 valence electrons. The molecule has 1 aliphatic heterocycles. The van der Waals surface area contributed by atoms with Gasteiger partial charge in [0.15, 0.2) is 22.8 Å². The van der Waals surface area contributed by atoms with Gasteiger partial charge >= 0.3 is 0 Å². The number of Topliss-reactive ketones (excluding diaryl/α,β-unsaturated/α-hetero) is 1. The molecule has 0 spiro atoms. The molecule has 4 aliphatic carbocycles. The van der Waals surface area contributed by atoms with E-state index in [1.807, 2.05) is 19.9 Å². The van der Waals surface area contributed by atoms with Crippen molar-refractivity contribution in [1.82, 2.24) is 5.06 Å². The van der Waals surface area contributed by atoms with Gasteiger partial charge in [-0.1, -0.05) is 13.0 Å². The molecule has 10 atom stereocenters. The third kappa shape index (κ3) is 2.89. The number of rotatable bonds is 4. The highest BCUT2D eigenvalue weighted by molar-refractivity contribution is 6.01. The first kappa shape index (κ1) is 25.1. The number of hydrogen-bond acceptors (Lipinski definition) is 7. The van der Waals surface area contributed by atoms with Gasteiger partial charge in [0.05, 0.1) is 18.4 Å². The second-order valence-electron chi connectivity index (χ2n) is 12.0. The van der Waals surface area contributed by atoms with Gasteiger partial charge in [-0.25, -0.2) is 8.78 Å². The highest BCUT2D eigenvalue weighted by Gasteiger charge is 2.79. The van der Waals surface area contributed by atoms with Gasteiger partial charge in [0.1, 0.15) is 18.5 Å². The van der Waals surface area contributed by atoms with Gasteiger partial charge in [0.2, 0.25) is 0 Å². The van der Waals surface area contributed by atoms with E-state index in [4.69, 9.17) is 9.25 Å². The number of hydrogen-bond donors (Lipinski definition) is 2. The Morgan fingerprint density at radius 1 is 1.30 bits per heavy atom. The minimum Gasteiger partial charge on any atom is -0.468 e. The molecule has 5 aliphatic rings. The molecule has 0 aromatic carbocycles. The fraction of sp³-hybridized carbons (Fsp3) is 0.643. The Morgan fingerprint density at radius 3 is 2.73 bits per heavy atom. The zero-order valence-electron chi connectivity index (χ0n) is 21.2. The topological polar surface area (TPSA) is 100 Å². The van der Waals surface area contributed by atoms with E-state index in [9.17, 15) is 19.8 Å².